The van der Waals surface area contributed by atoms with Gasteiger partial charge in [-0.05, 0) is 13.3 Å². The number of hydrogen-bond acceptors (Lipinski definition) is 5. The van der Waals surface area contributed by atoms with E-state index in [2.05, 4.69) is 17.1 Å². The number of ether oxygens (including phenoxy) is 1. The molecular weight excluding hydrogens is 222 g/mol. The van der Waals surface area contributed by atoms with Crippen LogP contribution in [0.2, 0.25) is 0 Å². The summed E-state index contributed by atoms with van der Waals surface area (Å²) in [5.74, 6) is -0.470. The Kier molecular flexibility index (Phi) is 10.2. The molecule has 0 aliphatic carbocycles. The smallest absolute Gasteiger partial charge is 0.336 e. The molecule has 0 atom stereocenters. The summed E-state index contributed by atoms with van der Waals surface area (Å²) in [4.78, 5) is 25.0. The first-order valence-electron chi connectivity index (χ1n) is 6.04. The quantitative estimate of drug-likeness (QED) is 0.147. The van der Waals surface area contributed by atoms with E-state index in [9.17, 15) is 9.70 Å². The van der Waals surface area contributed by atoms with Gasteiger partial charge >= 0.3 is 5.97 Å². The van der Waals surface area contributed by atoms with Crippen molar-refractivity contribution < 1.29 is 14.4 Å². The predicted molar refractivity (Wildman–Crippen MR) is 65.0 cm³/mol. The van der Waals surface area contributed by atoms with Gasteiger partial charge in [-0.25, -0.2) is 4.79 Å². The van der Waals surface area contributed by atoms with Gasteiger partial charge in [0, 0.05) is 0 Å². The molecule has 0 unspecified atom stereocenters. The van der Waals surface area contributed by atoms with Crippen LogP contribution in [0.4, 0.5) is 0 Å². The number of carbonyl (C=O) groups excluding carboxylic acids is 1. The highest BCUT2D eigenvalue weighted by Gasteiger charge is 2.05. The molecule has 17 heavy (non-hydrogen) atoms. The van der Waals surface area contributed by atoms with Gasteiger partial charge in [-0.15, -0.1) is 4.91 Å². The SMILES string of the molecule is CCCCCCCCOC(=O)C(C)=CON=O. The molecule has 0 fully saturated rings. The standard InChI is InChI=1S/C12H21NO4/c1-3-4-5-6-7-8-9-16-12(14)11(2)10-17-13-15/h10H,3-9H2,1-2H3. The van der Waals surface area contributed by atoms with Crippen LogP contribution in [-0.4, -0.2) is 12.6 Å². The highest BCUT2D eigenvalue weighted by Crippen LogP contribution is 2.06. The van der Waals surface area contributed by atoms with E-state index < -0.39 is 5.97 Å². The van der Waals surface area contributed by atoms with Crippen molar-refractivity contribution in [2.24, 2.45) is 5.34 Å². The Morgan fingerprint density at radius 2 is 1.82 bits per heavy atom. The first-order valence-corrected chi connectivity index (χ1v) is 6.04. The van der Waals surface area contributed by atoms with Crippen LogP contribution in [0.5, 0.6) is 0 Å². The van der Waals surface area contributed by atoms with Gasteiger partial charge in [0.05, 0.1) is 12.2 Å². The first-order chi connectivity index (χ1) is 8.22. The number of esters is 1. The van der Waals surface area contributed by atoms with E-state index in [1.165, 1.54) is 32.6 Å². The van der Waals surface area contributed by atoms with Gasteiger partial charge in [-0.3, -0.25) is 0 Å². The molecule has 0 amide bonds. The van der Waals surface area contributed by atoms with Crippen LogP contribution < -0.4 is 0 Å². The van der Waals surface area contributed by atoms with Gasteiger partial charge in [-0.1, -0.05) is 39.0 Å². The van der Waals surface area contributed by atoms with Crippen molar-refractivity contribution in [3.63, 3.8) is 0 Å². The molecule has 0 saturated carbocycles. The number of unbranched alkanes of at least 4 members (excludes halogenated alkanes) is 5. The lowest BCUT2D eigenvalue weighted by atomic mass is 10.1. The molecule has 0 saturated heterocycles. The minimum absolute atomic E-state index is 0.232. The third-order valence-electron chi connectivity index (χ3n) is 2.33. The second kappa shape index (κ2) is 11.1. The summed E-state index contributed by atoms with van der Waals surface area (Å²) in [5, 5.41) is 2.16. The maximum absolute atomic E-state index is 11.3. The molecule has 0 N–H and O–H groups in total. The molecule has 0 bridgehead atoms. The molecular formula is C12H21NO4. The van der Waals surface area contributed by atoms with E-state index in [1.54, 1.807) is 0 Å². The molecule has 0 spiro atoms. The summed E-state index contributed by atoms with van der Waals surface area (Å²) in [5.41, 5.74) is 0.232. The van der Waals surface area contributed by atoms with Crippen molar-refractivity contribution in [1.82, 2.24) is 0 Å². The molecule has 0 heterocycles. The largest absolute Gasteiger partial charge is 0.462 e. The minimum Gasteiger partial charge on any atom is -0.462 e. The number of carbonyl (C=O) groups is 1. The zero-order valence-electron chi connectivity index (χ0n) is 10.6. The highest BCUT2D eigenvalue weighted by atomic mass is 16.7. The molecule has 0 radical (unpaired) electrons. The van der Waals surface area contributed by atoms with Gasteiger partial charge in [0.15, 0.2) is 5.34 Å². The summed E-state index contributed by atoms with van der Waals surface area (Å²) in [7, 11) is 0. The summed E-state index contributed by atoms with van der Waals surface area (Å²) in [6.45, 7) is 4.09. The highest BCUT2D eigenvalue weighted by molar-refractivity contribution is 5.87. The fourth-order valence-electron chi connectivity index (χ4n) is 1.31. The Morgan fingerprint density at radius 3 is 2.47 bits per heavy atom. The number of nitrogens with zero attached hydrogens (tertiary/aromatic N) is 1. The third-order valence-corrected chi connectivity index (χ3v) is 2.33. The fourth-order valence-corrected chi connectivity index (χ4v) is 1.31. The molecule has 5 heteroatoms. The Hall–Kier alpha value is -1.39. The van der Waals surface area contributed by atoms with Gasteiger partial charge in [-0.2, -0.15) is 0 Å². The maximum Gasteiger partial charge on any atom is 0.336 e. The Balaban J connectivity index is 3.47. The van der Waals surface area contributed by atoms with E-state index in [0.717, 1.165) is 19.1 Å². The predicted octanol–water partition coefficient (Wildman–Crippen LogP) is 3.49. The molecule has 0 aromatic heterocycles. The molecule has 0 aliphatic heterocycles. The Morgan fingerprint density at radius 1 is 1.18 bits per heavy atom. The average Bonchev–Trinajstić information content (AvgIpc) is 2.34. The zero-order valence-corrected chi connectivity index (χ0v) is 10.6. The van der Waals surface area contributed by atoms with Crippen LogP contribution in [-0.2, 0) is 14.4 Å². The van der Waals surface area contributed by atoms with Crippen LogP contribution in [0.25, 0.3) is 0 Å². The lowest BCUT2D eigenvalue weighted by molar-refractivity contribution is -0.139. The van der Waals surface area contributed by atoms with Gasteiger partial charge < -0.3 is 9.57 Å². The maximum atomic E-state index is 11.3. The summed E-state index contributed by atoms with van der Waals surface area (Å²) >= 11 is 0. The van der Waals surface area contributed by atoms with Crippen LogP contribution in [0.15, 0.2) is 17.2 Å². The normalized spacial score (nSPS) is 11.1. The lowest BCUT2D eigenvalue weighted by Gasteiger charge is -2.04. The number of hydrogen-bond donors (Lipinski definition) is 0. The first kappa shape index (κ1) is 15.6. The monoisotopic (exact) mass is 243 g/mol. The van der Waals surface area contributed by atoms with Crippen molar-refractivity contribution in [1.29, 1.82) is 0 Å². The summed E-state index contributed by atoms with van der Waals surface area (Å²) in [6.07, 6.45) is 7.83. The van der Waals surface area contributed by atoms with Crippen LogP contribution in [0.3, 0.4) is 0 Å². The summed E-state index contributed by atoms with van der Waals surface area (Å²) < 4.78 is 4.98. The Labute approximate surface area is 102 Å². The van der Waals surface area contributed by atoms with Crippen molar-refractivity contribution in [3.05, 3.63) is 16.7 Å². The van der Waals surface area contributed by atoms with E-state index >= 15 is 0 Å². The Bertz CT molecular complexity index is 251. The second-order valence-corrected chi connectivity index (χ2v) is 3.88. The molecule has 0 aliphatic rings. The molecule has 0 rings (SSSR count). The van der Waals surface area contributed by atoms with E-state index in [0.29, 0.717) is 6.61 Å². The fraction of sp³-hybridized carbons (Fsp3) is 0.750. The minimum atomic E-state index is -0.470. The van der Waals surface area contributed by atoms with Crippen molar-refractivity contribution >= 4 is 5.97 Å². The molecule has 98 valence electrons. The van der Waals surface area contributed by atoms with Gasteiger partial charge in [0.1, 0.15) is 6.26 Å². The topological polar surface area (TPSA) is 65.0 Å². The van der Waals surface area contributed by atoms with Crippen LogP contribution in [0, 0.1) is 4.91 Å². The van der Waals surface area contributed by atoms with Gasteiger partial charge in [0.25, 0.3) is 0 Å². The number of rotatable bonds is 10. The van der Waals surface area contributed by atoms with Crippen molar-refractivity contribution in [2.75, 3.05) is 6.61 Å². The van der Waals surface area contributed by atoms with Gasteiger partial charge in [0.2, 0.25) is 0 Å². The lowest BCUT2D eigenvalue weighted by Crippen LogP contribution is -2.07. The third kappa shape index (κ3) is 9.53. The van der Waals surface area contributed by atoms with Crippen LogP contribution >= 0.6 is 0 Å². The average molecular weight is 243 g/mol. The van der Waals surface area contributed by atoms with E-state index in [1.807, 2.05) is 0 Å². The molecule has 0 aromatic rings. The van der Waals surface area contributed by atoms with E-state index in [-0.39, 0.29) is 5.57 Å². The molecule has 5 nitrogen and oxygen atoms in total. The van der Waals surface area contributed by atoms with Crippen molar-refractivity contribution in [2.45, 2.75) is 52.4 Å². The molecule has 0 aromatic carbocycles. The van der Waals surface area contributed by atoms with E-state index in [4.69, 9.17) is 4.74 Å². The summed E-state index contributed by atoms with van der Waals surface area (Å²) in [6, 6.07) is 0. The van der Waals surface area contributed by atoms with Crippen LogP contribution in [0.1, 0.15) is 52.4 Å². The second-order valence-electron chi connectivity index (χ2n) is 3.88. The van der Waals surface area contributed by atoms with Crippen molar-refractivity contribution in [3.8, 4) is 0 Å². The zero-order chi connectivity index (χ0) is 12.9.